The first-order chi connectivity index (χ1) is 10.3. The van der Waals surface area contributed by atoms with Crippen molar-refractivity contribution in [1.82, 2.24) is 29.5 Å². The standard InChI is InChI=1S/C14H12N6S/c1-9-17-13-10-4-2-3-5-11(10)18-14(20(13)19-9)21-8-12-15-6-7-16-12/h2-7H,8H2,1H3,(H,15,16). The highest BCUT2D eigenvalue weighted by Crippen LogP contribution is 2.25. The molecule has 0 bridgehead atoms. The molecule has 0 aliphatic rings. The zero-order valence-corrected chi connectivity index (χ0v) is 12.1. The van der Waals surface area contributed by atoms with Crippen molar-refractivity contribution in [3.63, 3.8) is 0 Å². The fraction of sp³-hybridized carbons (Fsp3) is 0.143. The second-order valence-corrected chi connectivity index (χ2v) is 5.57. The lowest BCUT2D eigenvalue weighted by Crippen LogP contribution is -1.98. The predicted octanol–water partition coefficient (Wildman–Crippen LogP) is 2.60. The lowest BCUT2D eigenvalue weighted by Gasteiger charge is -2.05. The van der Waals surface area contributed by atoms with Gasteiger partial charge in [-0.3, -0.25) is 0 Å². The third-order valence-electron chi connectivity index (χ3n) is 3.15. The van der Waals surface area contributed by atoms with Gasteiger partial charge in [0.2, 0.25) is 0 Å². The normalized spacial score (nSPS) is 11.5. The molecule has 4 aromatic rings. The number of aromatic nitrogens is 6. The Balaban J connectivity index is 1.85. The molecule has 0 aliphatic heterocycles. The molecule has 0 saturated carbocycles. The highest BCUT2D eigenvalue weighted by Gasteiger charge is 2.12. The molecule has 104 valence electrons. The van der Waals surface area contributed by atoms with Crippen LogP contribution in [0.4, 0.5) is 0 Å². The first-order valence-corrected chi connectivity index (χ1v) is 7.53. The molecule has 0 atom stereocenters. The average molecular weight is 296 g/mol. The molecular weight excluding hydrogens is 284 g/mol. The fourth-order valence-electron chi connectivity index (χ4n) is 2.24. The number of fused-ring (bicyclic) bond motifs is 3. The summed E-state index contributed by atoms with van der Waals surface area (Å²) in [6.45, 7) is 1.89. The molecule has 0 aliphatic carbocycles. The fourth-order valence-corrected chi connectivity index (χ4v) is 3.07. The second kappa shape index (κ2) is 4.85. The van der Waals surface area contributed by atoms with Crippen LogP contribution in [0.1, 0.15) is 11.6 Å². The van der Waals surface area contributed by atoms with Gasteiger partial charge in [-0.15, -0.1) is 5.10 Å². The number of para-hydroxylation sites is 1. The van der Waals surface area contributed by atoms with E-state index >= 15 is 0 Å². The minimum absolute atomic E-state index is 0.715. The number of hydrogen-bond donors (Lipinski definition) is 1. The van der Waals surface area contributed by atoms with Gasteiger partial charge in [-0.05, 0) is 19.1 Å². The molecular formula is C14H12N6S. The number of imidazole rings is 1. The Morgan fingerprint density at radius 3 is 3.00 bits per heavy atom. The van der Waals surface area contributed by atoms with Gasteiger partial charge < -0.3 is 4.98 Å². The number of thioether (sulfide) groups is 1. The van der Waals surface area contributed by atoms with Crippen LogP contribution in [0.25, 0.3) is 16.6 Å². The smallest absolute Gasteiger partial charge is 0.191 e. The first kappa shape index (κ1) is 12.3. The molecule has 3 aromatic heterocycles. The van der Waals surface area contributed by atoms with E-state index in [1.54, 1.807) is 18.0 Å². The van der Waals surface area contributed by atoms with Crippen molar-refractivity contribution < 1.29 is 0 Å². The molecule has 1 aromatic carbocycles. The molecule has 3 heterocycles. The largest absolute Gasteiger partial charge is 0.348 e. The van der Waals surface area contributed by atoms with E-state index in [9.17, 15) is 0 Å². The average Bonchev–Trinajstić information content (AvgIpc) is 3.13. The second-order valence-electron chi connectivity index (χ2n) is 4.63. The molecule has 0 amide bonds. The Bertz CT molecular complexity index is 912. The van der Waals surface area contributed by atoms with Gasteiger partial charge in [-0.1, -0.05) is 23.9 Å². The zero-order chi connectivity index (χ0) is 14.2. The number of aryl methyl sites for hydroxylation is 1. The van der Waals surface area contributed by atoms with Crippen molar-refractivity contribution in [2.75, 3.05) is 0 Å². The van der Waals surface area contributed by atoms with Crippen molar-refractivity contribution in [1.29, 1.82) is 0 Å². The summed E-state index contributed by atoms with van der Waals surface area (Å²) in [4.78, 5) is 16.5. The molecule has 0 saturated heterocycles. The summed E-state index contributed by atoms with van der Waals surface area (Å²) in [5.41, 5.74) is 1.78. The Labute approximate surface area is 124 Å². The van der Waals surface area contributed by atoms with Gasteiger partial charge in [-0.2, -0.15) is 4.52 Å². The Morgan fingerprint density at radius 1 is 1.24 bits per heavy atom. The summed E-state index contributed by atoms with van der Waals surface area (Å²) >= 11 is 1.59. The quantitative estimate of drug-likeness (QED) is 0.465. The summed E-state index contributed by atoms with van der Waals surface area (Å²) in [5, 5.41) is 6.29. The van der Waals surface area contributed by atoms with Crippen LogP contribution < -0.4 is 0 Å². The summed E-state index contributed by atoms with van der Waals surface area (Å²) in [5.74, 6) is 2.37. The minimum atomic E-state index is 0.715. The molecule has 0 fully saturated rings. The van der Waals surface area contributed by atoms with Gasteiger partial charge in [0.05, 0.1) is 11.3 Å². The van der Waals surface area contributed by atoms with Crippen LogP contribution in [-0.4, -0.2) is 29.5 Å². The number of nitrogens with zero attached hydrogens (tertiary/aromatic N) is 5. The van der Waals surface area contributed by atoms with Gasteiger partial charge >= 0.3 is 0 Å². The van der Waals surface area contributed by atoms with Gasteiger partial charge in [-0.25, -0.2) is 15.0 Å². The van der Waals surface area contributed by atoms with E-state index < -0.39 is 0 Å². The molecule has 6 nitrogen and oxygen atoms in total. The van der Waals surface area contributed by atoms with Crippen LogP contribution in [0.3, 0.4) is 0 Å². The molecule has 7 heteroatoms. The van der Waals surface area contributed by atoms with E-state index in [0.717, 1.165) is 33.4 Å². The monoisotopic (exact) mass is 296 g/mol. The lowest BCUT2D eigenvalue weighted by molar-refractivity contribution is 0.796. The first-order valence-electron chi connectivity index (χ1n) is 6.54. The van der Waals surface area contributed by atoms with E-state index in [-0.39, 0.29) is 0 Å². The molecule has 0 spiro atoms. The van der Waals surface area contributed by atoms with Crippen LogP contribution >= 0.6 is 11.8 Å². The van der Waals surface area contributed by atoms with Crippen molar-refractivity contribution in [2.45, 2.75) is 17.8 Å². The Morgan fingerprint density at radius 2 is 2.14 bits per heavy atom. The zero-order valence-electron chi connectivity index (χ0n) is 11.3. The number of nitrogens with one attached hydrogen (secondary N) is 1. The van der Waals surface area contributed by atoms with Gasteiger partial charge in [0, 0.05) is 17.8 Å². The number of benzene rings is 1. The number of aromatic amines is 1. The topological polar surface area (TPSA) is 71.8 Å². The van der Waals surface area contributed by atoms with E-state index in [2.05, 4.69) is 20.1 Å². The number of hydrogen-bond acceptors (Lipinski definition) is 5. The van der Waals surface area contributed by atoms with Gasteiger partial charge in [0.1, 0.15) is 11.6 Å². The van der Waals surface area contributed by atoms with Crippen LogP contribution in [0.5, 0.6) is 0 Å². The van der Waals surface area contributed by atoms with Crippen LogP contribution in [-0.2, 0) is 5.75 Å². The summed E-state index contributed by atoms with van der Waals surface area (Å²) in [7, 11) is 0. The third-order valence-corrected chi connectivity index (χ3v) is 4.09. The van der Waals surface area contributed by atoms with E-state index in [1.807, 2.05) is 41.9 Å². The van der Waals surface area contributed by atoms with Crippen LogP contribution in [0.2, 0.25) is 0 Å². The van der Waals surface area contributed by atoms with E-state index in [4.69, 9.17) is 4.98 Å². The predicted molar refractivity (Wildman–Crippen MR) is 81.2 cm³/mol. The molecule has 0 unspecified atom stereocenters. The number of H-pyrrole nitrogens is 1. The summed E-state index contributed by atoms with van der Waals surface area (Å²) in [6, 6.07) is 7.99. The molecule has 1 N–H and O–H groups in total. The maximum Gasteiger partial charge on any atom is 0.191 e. The summed E-state index contributed by atoms with van der Waals surface area (Å²) < 4.78 is 1.81. The van der Waals surface area contributed by atoms with Crippen LogP contribution in [0.15, 0.2) is 41.8 Å². The highest BCUT2D eigenvalue weighted by atomic mass is 32.2. The van der Waals surface area contributed by atoms with E-state index in [0.29, 0.717) is 5.75 Å². The minimum Gasteiger partial charge on any atom is -0.348 e. The van der Waals surface area contributed by atoms with Crippen molar-refractivity contribution in [2.24, 2.45) is 0 Å². The SMILES string of the molecule is Cc1nc2c3ccccc3nc(SCc3ncc[nH]3)n2n1. The maximum absolute atomic E-state index is 4.70. The molecule has 21 heavy (non-hydrogen) atoms. The summed E-state index contributed by atoms with van der Waals surface area (Å²) in [6.07, 6.45) is 3.57. The van der Waals surface area contributed by atoms with Crippen LogP contribution in [0, 0.1) is 6.92 Å². The van der Waals surface area contributed by atoms with Crippen molar-refractivity contribution in [3.05, 3.63) is 48.3 Å². The molecule has 0 radical (unpaired) electrons. The van der Waals surface area contributed by atoms with Gasteiger partial charge in [0.25, 0.3) is 0 Å². The van der Waals surface area contributed by atoms with Crippen molar-refractivity contribution >= 4 is 28.3 Å². The van der Waals surface area contributed by atoms with Crippen molar-refractivity contribution in [3.8, 4) is 0 Å². The third kappa shape index (κ3) is 2.15. The maximum atomic E-state index is 4.70. The highest BCUT2D eigenvalue weighted by molar-refractivity contribution is 7.98. The molecule has 4 rings (SSSR count). The Hall–Kier alpha value is -2.41. The Kier molecular flexibility index (Phi) is 2.85. The van der Waals surface area contributed by atoms with E-state index in [1.165, 1.54) is 0 Å². The lowest BCUT2D eigenvalue weighted by atomic mass is 10.2. The number of rotatable bonds is 3. The van der Waals surface area contributed by atoms with Gasteiger partial charge in [0.15, 0.2) is 10.8 Å².